The highest BCUT2D eigenvalue weighted by Gasteiger charge is 2.12. The molecular formula is C15H14N2O4S. The third-order valence-electron chi connectivity index (χ3n) is 2.83. The second-order valence-corrected chi connectivity index (χ2v) is 5.22. The molecule has 0 aliphatic heterocycles. The predicted molar refractivity (Wildman–Crippen MR) is 84.7 cm³/mol. The van der Waals surface area contributed by atoms with Crippen molar-refractivity contribution in [3.8, 4) is 17.2 Å². The molecule has 2 aromatic carbocycles. The number of thioether (sulfide) groups is 1. The van der Waals surface area contributed by atoms with Crippen molar-refractivity contribution in [2.24, 2.45) is 5.10 Å². The van der Waals surface area contributed by atoms with Crippen LogP contribution in [-0.4, -0.2) is 33.7 Å². The molecule has 0 spiro atoms. The summed E-state index contributed by atoms with van der Waals surface area (Å²) in [4.78, 5) is 12.9. The van der Waals surface area contributed by atoms with E-state index in [4.69, 9.17) is 0 Å². The molecule has 0 bridgehead atoms. The molecule has 0 radical (unpaired) electrons. The van der Waals surface area contributed by atoms with Gasteiger partial charge in [0, 0.05) is 10.5 Å². The quantitative estimate of drug-likeness (QED) is 0.300. The number of rotatable bonds is 4. The number of phenolic OH excluding ortho intramolecular Hbond substituents is 3. The maximum absolute atomic E-state index is 11.8. The molecule has 0 unspecified atom stereocenters. The average Bonchev–Trinajstić information content (AvgIpc) is 2.52. The zero-order valence-electron chi connectivity index (χ0n) is 11.6. The van der Waals surface area contributed by atoms with E-state index < -0.39 is 23.2 Å². The number of nitrogens with one attached hydrogen (secondary N) is 1. The third-order valence-corrected chi connectivity index (χ3v) is 3.57. The number of carbonyl (C=O) groups excluding carboxylic acids is 1. The summed E-state index contributed by atoms with van der Waals surface area (Å²) in [6.45, 7) is 0. The lowest BCUT2D eigenvalue weighted by atomic mass is 10.2. The van der Waals surface area contributed by atoms with Crippen molar-refractivity contribution >= 4 is 23.9 Å². The van der Waals surface area contributed by atoms with Crippen LogP contribution in [0.4, 0.5) is 0 Å². The van der Waals surface area contributed by atoms with Crippen LogP contribution in [-0.2, 0) is 0 Å². The minimum atomic E-state index is -0.672. The SMILES string of the molecule is CSc1ccc(/C=N/NC(=O)c2cc(O)c(O)c(O)c2)cc1. The van der Waals surface area contributed by atoms with Gasteiger partial charge in [0.1, 0.15) is 0 Å². The van der Waals surface area contributed by atoms with Gasteiger partial charge in [-0.25, -0.2) is 5.43 Å². The molecule has 0 saturated carbocycles. The summed E-state index contributed by atoms with van der Waals surface area (Å²) in [6, 6.07) is 9.66. The lowest BCUT2D eigenvalue weighted by molar-refractivity contribution is 0.0954. The van der Waals surface area contributed by atoms with Crippen LogP contribution in [0.15, 0.2) is 46.4 Å². The smallest absolute Gasteiger partial charge is 0.271 e. The predicted octanol–water partition coefficient (Wildman–Crippen LogP) is 2.29. The van der Waals surface area contributed by atoms with Gasteiger partial charge >= 0.3 is 0 Å². The standard InChI is InChI=1S/C15H14N2O4S/c1-22-11-4-2-9(3-5-11)8-16-17-15(21)10-6-12(18)14(20)13(19)7-10/h2-8,18-20H,1H3,(H,17,21)/b16-8+. The van der Waals surface area contributed by atoms with E-state index in [1.54, 1.807) is 11.8 Å². The van der Waals surface area contributed by atoms with Gasteiger partial charge in [-0.15, -0.1) is 11.8 Å². The number of phenols is 3. The molecule has 6 nitrogen and oxygen atoms in total. The van der Waals surface area contributed by atoms with Gasteiger partial charge in [-0.1, -0.05) is 12.1 Å². The summed E-state index contributed by atoms with van der Waals surface area (Å²) in [6.07, 6.45) is 3.45. The summed E-state index contributed by atoms with van der Waals surface area (Å²) in [5.74, 6) is -2.46. The molecular weight excluding hydrogens is 304 g/mol. The zero-order chi connectivity index (χ0) is 16.1. The molecule has 0 atom stereocenters. The Kier molecular flexibility index (Phi) is 4.90. The molecule has 0 saturated heterocycles. The van der Waals surface area contributed by atoms with Crippen LogP contribution in [0.3, 0.4) is 0 Å². The highest BCUT2D eigenvalue weighted by atomic mass is 32.2. The molecule has 114 valence electrons. The Balaban J connectivity index is 2.04. The molecule has 0 heterocycles. The Morgan fingerprint density at radius 3 is 2.27 bits per heavy atom. The number of hydrogen-bond acceptors (Lipinski definition) is 6. The number of hydrogen-bond donors (Lipinski definition) is 4. The molecule has 0 fully saturated rings. The van der Waals surface area contributed by atoms with Gasteiger partial charge in [0.2, 0.25) is 0 Å². The van der Waals surface area contributed by atoms with Crippen LogP contribution in [0.1, 0.15) is 15.9 Å². The maximum Gasteiger partial charge on any atom is 0.271 e. The highest BCUT2D eigenvalue weighted by molar-refractivity contribution is 7.98. The fourth-order valence-electron chi connectivity index (χ4n) is 1.66. The second-order valence-electron chi connectivity index (χ2n) is 4.34. The molecule has 2 aromatic rings. The van der Waals surface area contributed by atoms with Crippen LogP contribution >= 0.6 is 11.8 Å². The van der Waals surface area contributed by atoms with Crippen LogP contribution in [0.2, 0.25) is 0 Å². The number of hydrazone groups is 1. The summed E-state index contributed by atoms with van der Waals surface area (Å²) in [7, 11) is 0. The number of amides is 1. The number of nitrogens with zero attached hydrogens (tertiary/aromatic N) is 1. The van der Waals surface area contributed by atoms with E-state index in [0.29, 0.717) is 0 Å². The lowest BCUT2D eigenvalue weighted by Crippen LogP contribution is -2.17. The lowest BCUT2D eigenvalue weighted by Gasteiger charge is -2.04. The highest BCUT2D eigenvalue weighted by Crippen LogP contribution is 2.35. The fraction of sp³-hybridized carbons (Fsp3) is 0.0667. The van der Waals surface area contributed by atoms with Gasteiger partial charge in [-0.3, -0.25) is 4.79 Å². The Labute approximate surface area is 131 Å². The molecule has 7 heteroatoms. The summed E-state index contributed by atoms with van der Waals surface area (Å²) >= 11 is 1.63. The van der Waals surface area contributed by atoms with Crippen molar-refractivity contribution < 1.29 is 20.1 Å². The summed E-state index contributed by atoms with van der Waals surface area (Å²) in [5, 5.41) is 31.7. The van der Waals surface area contributed by atoms with Gasteiger partial charge in [-0.2, -0.15) is 5.10 Å². The number of carbonyl (C=O) groups is 1. The van der Waals surface area contributed by atoms with Crippen LogP contribution in [0.5, 0.6) is 17.2 Å². The monoisotopic (exact) mass is 318 g/mol. The maximum atomic E-state index is 11.8. The van der Waals surface area contributed by atoms with Gasteiger partial charge in [0.05, 0.1) is 6.21 Å². The first-order valence-corrected chi connectivity index (χ1v) is 7.46. The molecule has 2 rings (SSSR count). The average molecular weight is 318 g/mol. The van der Waals surface area contributed by atoms with E-state index in [1.807, 2.05) is 30.5 Å². The second kappa shape index (κ2) is 6.86. The van der Waals surface area contributed by atoms with Gasteiger partial charge in [-0.05, 0) is 36.1 Å². The Bertz CT molecular complexity index is 691. The number of aromatic hydroxyl groups is 3. The Morgan fingerprint density at radius 2 is 1.73 bits per heavy atom. The molecule has 4 N–H and O–H groups in total. The summed E-state index contributed by atoms with van der Waals surface area (Å²) < 4.78 is 0. The molecule has 1 amide bonds. The van der Waals surface area contributed by atoms with Crippen LogP contribution < -0.4 is 5.43 Å². The zero-order valence-corrected chi connectivity index (χ0v) is 12.5. The minimum Gasteiger partial charge on any atom is -0.504 e. The topological polar surface area (TPSA) is 102 Å². The Morgan fingerprint density at radius 1 is 1.14 bits per heavy atom. The van der Waals surface area contributed by atoms with E-state index in [2.05, 4.69) is 10.5 Å². The van der Waals surface area contributed by atoms with Gasteiger partial charge in [0.25, 0.3) is 5.91 Å². The van der Waals surface area contributed by atoms with Crippen molar-refractivity contribution in [2.45, 2.75) is 4.90 Å². The number of benzene rings is 2. The first-order chi connectivity index (χ1) is 10.5. The molecule has 22 heavy (non-hydrogen) atoms. The molecule has 0 aliphatic rings. The molecule has 0 aromatic heterocycles. The third kappa shape index (κ3) is 3.70. The van der Waals surface area contributed by atoms with E-state index >= 15 is 0 Å². The first kappa shape index (κ1) is 15.7. The minimum absolute atomic E-state index is 0.0253. The summed E-state index contributed by atoms with van der Waals surface area (Å²) in [5.41, 5.74) is 3.06. The van der Waals surface area contributed by atoms with E-state index in [-0.39, 0.29) is 5.56 Å². The van der Waals surface area contributed by atoms with Crippen molar-refractivity contribution in [3.63, 3.8) is 0 Å². The van der Waals surface area contributed by atoms with Crippen molar-refractivity contribution in [1.82, 2.24) is 5.43 Å². The Hall–Kier alpha value is -2.67. The van der Waals surface area contributed by atoms with Crippen molar-refractivity contribution in [2.75, 3.05) is 6.26 Å². The van der Waals surface area contributed by atoms with E-state index in [1.165, 1.54) is 6.21 Å². The largest absolute Gasteiger partial charge is 0.504 e. The van der Waals surface area contributed by atoms with Crippen LogP contribution in [0.25, 0.3) is 0 Å². The van der Waals surface area contributed by atoms with E-state index in [0.717, 1.165) is 22.6 Å². The van der Waals surface area contributed by atoms with Gasteiger partial charge < -0.3 is 15.3 Å². The van der Waals surface area contributed by atoms with E-state index in [9.17, 15) is 20.1 Å². The van der Waals surface area contributed by atoms with Crippen LogP contribution in [0, 0.1) is 0 Å². The normalized spacial score (nSPS) is 10.8. The van der Waals surface area contributed by atoms with Gasteiger partial charge in [0.15, 0.2) is 17.2 Å². The first-order valence-electron chi connectivity index (χ1n) is 6.23. The van der Waals surface area contributed by atoms with Crippen molar-refractivity contribution in [3.05, 3.63) is 47.5 Å². The fourth-order valence-corrected chi connectivity index (χ4v) is 2.06. The molecule has 0 aliphatic carbocycles. The van der Waals surface area contributed by atoms with Crippen molar-refractivity contribution in [1.29, 1.82) is 0 Å².